The van der Waals surface area contributed by atoms with E-state index in [2.05, 4.69) is 32.4 Å². The summed E-state index contributed by atoms with van der Waals surface area (Å²) < 4.78 is 2.35. The standard InChI is InChI=1S/C19H26N4OS2/c1-25-19-22-21-16(23(19)14-5-2-3-6-14)7-4-11-20-18(24)17-15(10-12-26-17)13-8-9-13/h10,12-14H,2-9,11H2,1H3,(H,20,24). The molecule has 0 aromatic carbocycles. The van der Waals surface area contributed by atoms with Gasteiger partial charge in [0.15, 0.2) is 5.16 Å². The van der Waals surface area contributed by atoms with Crippen molar-refractivity contribution < 1.29 is 4.79 Å². The lowest BCUT2D eigenvalue weighted by molar-refractivity contribution is 0.0956. The molecule has 2 aliphatic rings. The van der Waals surface area contributed by atoms with Gasteiger partial charge in [0.25, 0.3) is 5.91 Å². The van der Waals surface area contributed by atoms with Gasteiger partial charge >= 0.3 is 0 Å². The van der Waals surface area contributed by atoms with Crippen molar-refractivity contribution in [1.29, 1.82) is 0 Å². The smallest absolute Gasteiger partial charge is 0.261 e. The van der Waals surface area contributed by atoms with Crippen LogP contribution in [0.4, 0.5) is 0 Å². The van der Waals surface area contributed by atoms with E-state index in [4.69, 9.17) is 0 Å². The predicted molar refractivity (Wildman–Crippen MR) is 106 cm³/mol. The van der Waals surface area contributed by atoms with Gasteiger partial charge in [-0.2, -0.15) is 0 Å². The number of rotatable bonds is 8. The van der Waals surface area contributed by atoms with Crippen LogP contribution < -0.4 is 5.32 Å². The first-order valence-corrected chi connectivity index (χ1v) is 11.7. The Kier molecular flexibility index (Phi) is 5.64. The first kappa shape index (κ1) is 18.0. The van der Waals surface area contributed by atoms with Crippen molar-refractivity contribution in [3.63, 3.8) is 0 Å². The maximum Gasteiger partial charge on any atom is 0.261 e. The van der Waals surface area contributed by atoms with E-state index in [1.807, 2.05) is 5.38 Å². The molecule has 0 bridgehead atoms. The van der Waals surface area contributed by atoms with Crippen LogP contribution in [0.5, 0.6) is 0 Å². The van der Waals surface area contributed by atoms with Crippen molar-refractivity contribution in [1.82, 2.24) is 20.1 Å². The van der Waals surface area contributed by atoms with E-state index in [0.29, 0.717) is 18.5 Å². The summed E-state index contributed by atoms with van der Waals surface area (Å²) in [5, 5.41) is 15.0. The number of hydrogen-bond donors (Lipinski definition) is 1. The van der Waals surface area contributed by atoms with Gasteiger partial charge in [0, 0.05) is 19.0 Å². The van der Waals surface area contributed by atoms with E-state index < -0.39 is 0 Å². The third-order valence-corrected chi connectivity index (χ3v) is 6.96. The van der Waals surface area contributed by atoms with Gasteiger partial charge in [-0.3, -0.25) is 4.79 Å². The summed E-state index contributed by atoms with van der Waals surface area (Å²) in [5.74, 6) is 1.78. The number of carbonyl (C=O) groups is 1. The lowest BCUT2D eigenvalue weighted by atomic mass is 10.1. The highest BCUT2D eigenvalue weighted by molar-refractivity contribution is 7.98. The zero-order valence-electron chi connectivity index (χ0n) is 15.2. The number of amides is 1. The Bertz CT molecular complexity index is 759. The number of nitrogens with zero attached hydrogens (tertiary/aromatic N) is 3. The van der Waals surface area contributed by atoms with Gasteiger partial charge in [0.05, 0.1) is 4.88 Å². The molecule has 7 heteroatoms. The Hall–Kier alpha value is -1.34. The minimum Gasteiger partial charge on any atom is -0.351 e. The SMILES string of the molecule is CSc1nnc(CCCNC(=O)c2sccc2C2CC2)n1C1CCCC1. The molecule has 26 heavy (non-hydrogen) atoms. The van der Waals surface area contributed by atoms with Gasteiger partial charge in [-0.1, -0.05) is 24.6 Å². The fraction of sp³-hybridized carbons (Fsp3) is 0.632. The number of hydrogen-bond acceptors (Lipinski definition) is 5. The largest absolute Gasteiger partial charge is 0.351 e. The zero-order valence-corrected chi connectivity index (χ0v) is 16.9. The van der Waals surface area contributed by atoms with Crippen LogP contribution >= 0.6 is 23.1 Å². The van der Waals surface area contributed by atoms with Gasteiger partial charge in [-0.25, -0.2) is 0 Å². The van der Waals surface area contributed by atoms with E-state index in [0.717, 1.165) is 28.7 Å². The second-order valence-corrected chi connectivity index (χ2v) is 8.94. The van der Waals surface area contributed by atoms with Gasteiger partial charge in [0.1, 0.15) is 5.82 Å². The fourth-order valence-corrected chi connectivity index (χ4v) is 5.37. The molecule has 0 aliphatic heterocycles. The Morgan fingerprint density at radius 3 is 2.85 bits per heavy atom. The highest BCUT2D eigenvalue weighted by Crippen LogP contribution is 2.43. The van der Waals surface area contributed by atoms with Crippen LogP contribution in [-0.2, 0) is 6.42 Å². The van der Waals surface area contributed by atoms with Gasteiger partial charge in [-0.15, -0.1) is 21.5 Å². The molecule has 2 fully saturated rings. The fourth-order valence-electron chi connectivity index (χ4n) is 3.89. The van der Waals surface area contributed by atoms with Crippen molar-refractivity contribution in [2.75, 3.05) is 12.8 Å². The molecule has 0 saturated heterocycles. The van der Waals surface area contributed by atoms with Gasteiger partial charge < -0.3 is 9.88 Å². The number of aryl methyl sites for hydroxylation is 1. The highest BCUT2D eigenvalue weighted by Gasteiger charge is 2.29. The molecule has 0 atom stereocenters. The van der Waals surface area contributed by atoms with Crippen LogP contribution in [0.25, 0.3) is 0 Å². The Morgan fingerprint density at radius 1 is 1.31 bits per heavy atom. The van der Waals surface area contributed by atoms with Crippen molar-refractivity contribution in [3.8, 4) is 0 Å². The molecule has 0 radical (unpaired) electrons. The number of thioether (sulfide) groups is 1. The minimum absolute atomic E-state index is 0.0870. The van der Waals surface area contributed by atoms with Crippen LogP contribution in [0, 0.1) is 0 Å². The summed E-state index contributed by atoms with van der Waals surface area (Å²) in [7, 11) is 0. The maximum atomic E-state index is 12.5. The summed E-state index contributed by atoms with van der Waals surface area (Å²) in [4.78, 5) is 13.4. The monoisotopic (exact) mass is 390 g/mol. The number of nitrogens with one attached hydrogen (secondary N) is 1. The summed E-state index contributed by atoms with van der Waals surface area (Å²) in [6.45, 7) is 0.687. The molecular formula is C19H26N4OS2. The molecule has 5 nitrogen and oxygen atoms in total. The molecule has 2 saturated carbocycles. The van der Waals surface area contributed by atoms with E-state index >= 15 is 0 Å². The van der Waals surface area contributed by atoms with Gasteiger partial charge in [-0.05, 0) is 61.3 Å². The third-order valence-electron chi connectivity index (χ3n) is 5.39. The number of carbonyl (C=O) groups excluding carboxylic acids is 1. The highest BCUT2D eigenvalue weighted by atomic mass is 32.2. The Balaban J connectivity index is 1.31. The molecule has 4 rings (SSSR count). The van der Waals surface area contributed by atoms with Crippen LogP contribution in [-0.4, -0.2) is 33.5 Å². The molecule has 0 spiro atoms. The Labute approximate surface area is 163 Å². The lowest BCUT2D eigenvalue weighted by Gasteiger charge is -2.16. The molecule has 140 valence electrons. The first-order valence-electron chi connectivity index (χ1n) is 9.61. The quantitative estimate of drug-likeness (QED) is 0.535. The normalized spacial score (nSPS) is 17.7. The zero-order chi connectivity index (χ0) is 17.9. The summed E-state index contributed by atoms with van der Waals surface area (Å²) in [6.07, 6.45) is 11.4. The molecule has 1 N–H and O–H groups in total. The van der Waals surface area contributed by atoms with Crippen LogP contribution in [0.3, 0.4) is 0 Å². The van der Waals surface area contributed by atoms with Crippen LogP contribution in [0.1, 0.15) is 78.0 Å². The topological polar surface area (TPSA) is 59.8 Å². The van der Waals surface area contributed by atoms with Crippen molar-refractivity contribution in [3.05, 3.63) is 27.7 Å². The third kappa shape index (κ3) is 3.83. The average molecular weight is 391 g/mol. The average Bonchev–Trinajstić information content (AvgIpc) is 3.09. The van der Waals surface area contributed by atoms with E-state index in [1.165, 1.54) is 44.1 Å². The minimum atomic E-state index is 0.0870. The van der Waals surface area contributed by atoms with Gasteiger partial charge in [0.2, 0.25) is 0 Å². The molecule has 2 aromatic heterocycles. The number of thiophene rings is 1. The van der Waals surface area contributed by atoms with Crippen molar-refractivity contribution >= 4 is 29.0 Å². The molecule has 2 aliphatic carbocycles. The van der Waals surface area contributed by atoms with E-state index in [-0.39, 0.29) is 5.91 Å². The number of aromatic nitrogens is 3. The van der Waals surface area contributed by atoms with Crippen molar-refractivity contribution in [2.24, 2.45) is 0 Å². The summed E-state index contributed by atoms with van der Waals surface area (Å²) >= 11 is 3.24. The molecule has 2 aromatic rings. The van der Waals surface area contributed by atoms with Crippen LogP contribution in [0.15, 0.2) is 16.6 Å². The molecule has 1 amide bonds. The summed E-state index contributed by atoms with van der Waals surface area (Å²) in [6, 6.07) is 2.68. The summed E-state index contributed by atoms with van der Waals surface area (Å²) in [5.41, 5.74) is 1.25. The molecule has 2 heterocycles. The second kappa shape index (κ2) is 8.13. The molecular weight excluding hydrogens is 364 g/mol. The second-order valence-electron chi connectivity index (χ2n) is 7.25. The molecule has 0 unspecified atom stereocenters. The predicted octanol–water partition coefficient (Wildman–Crippen LogP) is 4.42. The van der Waals surface area contributed by atoms with E-state index in [1.54, 1.807) is 23.1 Å². The maximum absolute atomic E-state index is 12.5. The first-order chi connectivity index (χ1) is 12.8. The van der Waals surface area contributed by atoms with Crippen molar-refractivity contribution in [2.45, 2.75) is 68.5 Å². The lowest BCUT2D eigenvalue weighted by Crippen LogP contribution is -2.25. The van der Waals surface area contributed by atoms with Crippen LogP contribution in [0.2, 0.25) is 0 Å². The Morgan fingerprint density at radius 2 is 2.12 bits per heavy atom. The van der Waals surface area contributed by atoms with E-state index in [9.17, 15) is 4.79 Å².